The fourth-order valence-electron chi connectivity index (χ4n) is 3.80. The number of hydrogen-bond acceptors (Lipinski definition) is 6. The number of nitrogens with zero attached hydrogens (tertiary/aromatic N) is 2. The monoisotopic (exact) mass is 357 g/mol. The molecule has 1 N–H and O–H groups in total. The van der Waals surface area contributed by atoms with Crippen LogP contribution < -0.4 is 10.1 Å². The van der Waals surface area contributed by atoms with Gasteiger partial charge in [0.15, 0.2) is 5.76 Å². The lowest BCUT2D eigenvalue weighted by Gasteiger charge is -2.45. The van der Waals surface area contributed by atoms with Gasteiger partial charge >= 0.3 is 0 Å². The number of ether oxygens (including phenoxy) is 2. The van der Waals surface area contributed by atoms with E-state index in [-0.39, 0.29) is 5.54 Å². The minimum absolute atomic E-state index is 0.00533. The average molecular weight is 357 g/mol. The maximum Gasteiger partial charge on any atom is 0.167 e. The zero-order chi connectivity index (χ0) is 18.0. The summed E-state index contributed by atoms with van der Waals surface area (Å²) < 4.78 is 16.3. The Kier molecular flexibility index (Phi) is 4.98. The van der Waals surface area contributed by atoms with Crippen molar-refractivity contribution in [2.24, 2.45) is 0 Å². The predicted molar refractivity (Wildman–Crippen MR) is 99.4 cm³/mol. The molecular formula is C20H27N3O3. The molecule has 140 valence electrons. The van der Waals surface area contributed by atoms with E-state index in [2.05, 4.69) is 22.4 Å². The van der Waals surface area contributed by atoms with E-state index in [9.17, 15) is 0 Å². The smallest absolute Gasteiger partial charge is 0.167 e. The SMILES string of the molecule is COc1ccc(-c2cc(CC3(NC4CCN(C)CC4)COC3)no2)cc1. The van der Waals surface area contributed by atoms with Gasteiger partial charge in [-0.2, -0.15) is 0 Å². The van der Waals surface area contributed by atoms with Crippen LogP contribution in [-0.2, 0) is 11.2 Å². The van der Waals surface area contributed by atoms with Gasteiger partial charge in [0.05, 0.1) is 31.6 Å². The first-order valence-corrected chi connectivity index (χ1v) is 9.30. The standard InChI is InChI=1S/C20H27N3O3/c1-23-9-7-16(8-10-23)21-20(13-25-14-20)12-17-11-19(26-22-17)15-3-5-18(24-2)6-4-15/h3-6,11,16,21H,7-10,12-14H2,1-2H3. The molecule has 2 aliphatic rings. The summed E-state index contributed by atoms with van der Waals surface area (Å²) in [5, 5.41) is 8.15. The largest absolute Gasteiger partial charge is 0.497 e. The third-order valence-corrected chi connectivity index (χ3v) is 5.44. The molecule has 0 aliphatic carbocycles. The number of hydrogen-bond donors (Lipinski definition) is 1. The van der Waals surface area contributed by atoms with E-state index in [0.717, 1.165) is 55.5 Å². The van der Waals surface area contributed by atoms with Crippen molar-refractivity contribution in [3.63, 3.8) is 0 Å². The maximum absolute atomic E-state index is 5.58. The highest BCUT2D eigenvalue weighted by atomic mass is 16.5. The van der Waals surface area contributed by atoms with Crippen LogP contribution in [0.3, 0.4) is 0 Å². The molecule has 0 bridgehead atoms. The van der Waals surface area contributed by atoms with E-state index in [0.29, 0.717) is 6.04 Å². The van der Waals surface area contributed by atoms with E-state index in [1.54, 1.807) is 7.11 Å². The summed E-state index contributed by atoms with van der Waals surface area (Å²) in [5.41, 5.74) is 1.97. The number of rotatable bonds is 6. The van der Waals surface area contributed by atoms with Crippen LogP contribution in [0.1, 0.15) is 18.5 Å². The molecule has 0 unspecified atom stereocenters. The van der Waals surface area contributed by atoms with Crippen LogP contribution >= 0.6 is 0 Å². The number of aromatic nitrogens is 1. The van der Waals surface area contributed by atoms with Crippen LogP contribution in [0.2, 0.25) is 0 Å². The van der Waals surface area contributed by atoms with Crippen LogP contribution in [0.4, 0.5) is 0 Å². The summed E-state index contributed by atoms with van der Waals surface area (Å²) in [6.07, 6.45) is 3.21. The van der Waals surface area contributed by atoms with Gasteiger partial charge in [-0.05, 0) is 57.2 Å². The van der Waals surface area contributed by atoms with Gasteiger partial charge in [-0.1, -0.05) is 5.16 Å². The zero-order valence-electron chi connectivity index (χ0n) is 15.5. The maximum atomic E-state index is 5.58. The van der Waals surface area contributed by atoms with Crippen LogP contribution in [-0.4, -0.2) is 62.1 Å². The molecule has 0 amide bonds. The first kappa shape index (κ1) is 17.5. The van der Waals surface area contributed by atoms with Crippen LogP contribution in [0.5, 0.6) is 5.75 Å². The second kappa shape index (κ2) is 7.39. The summed E-state index contributed by atoms with van der Waals surface area (Å²) >= 11 is 0. The van der Waals surface area contributed by atoms with Gasteiger partial charge < -0.3 is 24.2 Å². The molecule has 4 rings (SSSR count). The van der Waals surface area contributed by atoms with Crippen LogP contribution in [0.25, 0.3) is 11.3 Å². The summed E-state index contributed by atoms with van der Waals surface area (Å²) in [4.78, 5) is 2.39. The van der Waals surface area contributed by atoms with E-state index in [4.69, 9.17) is 14.0 Å². The van der Waals surface area contributed by atoms with Gasteiger partial charge in [-0.25, -0.2) is 0 Å². The molecule has 26 heavy (non-hydrogen) atoms. The number of nitrogens with one attached hydrogen (secondary N) is 1. The molecule has 0 saturated carbocycles. The number of benzene rings is 1. The minimum Gasteiger partial charge on any atom is -0.497 e. The van der Waals surface area contributed by atoms with E-state index >= 15 is 0 Å². The van der Waals surface area contributed by atoms with Gasteiger partial charge in [0.1, 0.15) is 5.75 Å². The van der Waals surface area contributed by atoms with Crippen LogP contribution in [0.15, 0.2) is 34.9 Å². The molecule has 2 fully saturated rings. The zero-order valence-corrected chi connectivity index (χ0v) is 15.5. The lowest BCUT2D eigenvalue weighted by Crippen LogP contribution is -2.65. The molecule has 6 heteroatoms. The van der Waals surface area contributed by atoms with Crippen LogP contribution in [0, 0.1) is 0 Å². The molecule has 6 nitrogen and oxygen atoms in total. The van der Waals surface area contributed by atoms with Crippen molar-refractivity contribution in [2.75, 3.05) is 40.5 Å². The van der Waals surface area contributed by atoms with E-state index in [1.165, 1.54) is 12.8 Å². The highest BCUT2D eigenvalue weighted by molar-refractivity contribution is 5.58. The minimum atomic E-state index is -0.00533. The Morgan fingerprint density at radius 3 is 2.58 bits per heavy atom. The number of methoxy groups -OCH3 is 1. The molecule has 0 radical (unpaired) electrons. The fourth-order valence-corrected chi connectivity index (χ4v) is 3.80. The number of likely N-dealkylation sites (tertiary alicyclic amines) is 1. The van der Waals surface area contributed by atoms with Crippen molar-refractivity contribution in [3.05, 3.63) is 36.0 Å². The fraction of sp³-hybridized carbons (Fsp3) is 0.550. The number of piperidine rings is 1. The van der Waals surface area contributed by atoms with Gasteiger partial charge in [-0.3, -0.25) is 0 Å². The van der Waals surface area contributed by atoms with Crippen molar-refractivity contribution >= 4 is 0 Å². The first-order valence-electron chi connectivity index (χ1n) is 9.30. The Bertz CT molecular complexity index is 716. The normalized spacial score (nSPS) is 20.7. The Labute approximate surface area is 154 Å². The molecule has 2 aromatic rings. The van der Waals surface area contributed by atoms with Crippen molar-refractivity contribution in [1.29, 1.82) is 0 Å². The first-order chi connectivity index (χ1) is 12.7. The lowest BCUT2D eigenvalue weighted by molar-refractivity contribution is -0.0823. The van der Waals surface area contributed by atoms with Gasteiger partial charge in [0.25, 0.3) is 0 Å². The Morgan fingerprint density at radius 2 is 1.96 bits per heavy atom. The van der Waals surface area contributed by atoms with E-state index < -0.39 is 0 Å². The molecule has 3 heterocycles. The third-order valence-electron chi connectivity index (χ3n) is 5.44. The second-order valence-electron chi connectivity index (χ2n) is 7.58. The molecule has 1 aromatic carbocycles. The topological polar surface area (TPSA) is 59.8 Å². The van der Waals surface area contributed by atoms with Crippen molar-refractivity contribution in [1.82, 2.24) is 15.4 Å². The lowest BCUT2D eigenvalue weighted by atomic mass is 9.88. The van der Waals surface area contributed by atoms with Crippen molar-refractivity contribution in [2.45, 2.75) is 30.8 Å². The van der Waals surface area contributed by atoms with Crippen molar-refractivity contribution < 1.29 is 14.0 Å². The summed E-state index contributed by atoms with van der Waals surface area (Å²) in [6, 6.07) is 10.4. The molecule has 0 atom stereocenters. The highest BCUT2D eigenvalue weighted by Crippen LogP contribution is 2.28. The molecule has 0 spiro atoms. The molecule has 2 saturated heterocycles. The summed E-state index contributed by atoms with van der Waals surface area (Å²) in [5.74, 6) is 1.62. The van der Waals surface area contributed by atoms with Gasteiger partial charge in [-0.15, -0.1) is 0 Å². The summed E-state index contributed by atoms with van der Waals surface area (Å²) in [7, 11) is 3.85. The second-order valence-corrected chi connectivity index (χ2v) is 7.58. The van der Waals surface area contributed by atoms with Crippen molar-refractivity contribution in [3.8, 4) is 17.1 Å². The molecule has 2 aliphatic heterocycles. The summed E-state index contributed by atoms with van der Waals surface area (Å²) in [6.45, 7) is 3.79. The predicted octanol–water partition coefficient (Wildman–Crippen LogP) is 2.35. The average Bonchev–Trinajstić information content (AvgIpc) is 3.10. The third kappa shape index (κ3) is 3.77. The quantitative estimate of drug-likeness (QED) is 0.856. The highest BCUT2D eigenvalue weighted by Gasteiger charge is 2.41. The molecular weight excluding hydrogens is 330 g/mol. The van der Waals surface area contributed by atoms with Gasteiger partial charge in [0, 0.05) is 24.1 Å². The Balaban J connectivity index is 1.41. The van der Waals surface area contributed by atoms with E-state index in [1.807, 2.05) is 30.3 Å². The Morgan fingerprint density at radius 1 is 1.23 bits per heavy atom. The molecule has 1 aromatic heterocycles. The van der Waals surface area contributed by atoms with Gasteiger partial charge in [0.2, 0.25) is 0 Å². The Hall–Kier alpha value is -1.89.